The molecule has 2 heterocycles. The molecule has 0 fully saturated rings. The lowest BCUT2D eigenvalue weighted by Gasteiger charge is -2.03. The van der Waals surface area contributed by atoms with E-state index in [1.54, 1.807) is 4.68 Å². The Morgan fingerprint density at radius 3 is 3.00 bits per heavy atom. The number of aromatic nitrogens is 2. The summed E-state index contributed by atoms with van der Waals surface area (Å²) in [6.45, 7) is 1.37. The Balaban J connectivity index is 2.17. The van der Waals surface area contributed by atoms with E-state index >= 15 is 0 Å². The van der Waals surface area contributed by atoms with Gasteiger partial charge in [-0.3, -0.25) is 4.68 Å². The third-order valence-corrected chi connectivity index (χ3v) is 2.97. The Labute approximate surface area is 93.6 Å². The predicted octanol–water partition coefficient (Wildman–Crippen LogP) is 1.70. The van der Waals surface area contributed by atoms with Crippen LogP contribution in [0.15, 0.2) is 24.3 Å². The van der Waals surface area contributed by atoms with Gasteiger partial charge in [0.2, 0.25) is 0 Å². The Bertz CT molecular complexity index is 526. The largest absolute Gasteiger partial charge is 0.384 e. The first-order chi connectivity index (χ1) is 7.75. The van der Waals surface area contributed by atoms with E-state index in [1.165, 1.54) is 11.1 Å². The summed E-state index contributed by atoms with van der Waals surface area (Å²) in [7, 11) is 1.85. The van der Waals surface area contributed by atoms with Gasteiger partial charge in [-0.05, 0) is 11.1 Å². The molecule has 1 aliphatic rings. The van der Waals surface area contributed by atoms with E-state index < -0.39 is 0 Å². The quantitative estimate of drug-likeness (QED) is 0.787. The second kappa shape index (κ2) is 3.35. The van der Waals surface area contributed by atoms with Crippen molar-refractivity contribution in [2.45, 2.75) is 13.2 Å². The fourth-order valence-corrected chi connectivity index (χ4v) is 2.06. The van der Waals surface area contributed by atoms with Gasteiger partial charge < -0.3 is 10.5 Å². The fourth-order valence-electron chi connectivity index (χ4n) is 2.06. The number of benzene rings is 1. The SMILES string of the molecule is Cn1nc(-c2cccc3c2COC3)cc1N. The third kappa shape index (κ3) is 1.31. The van der Waals surface area contributed by atoms with Gasteiger partial charge in [-0.15, -0.1) is 0 Å². The van der Waals surface area contributed by atoms with Gasteiger partial charge in [0.15, 0.2) is 0 Å². The molecule has 0 saturated carbocycles. The topological polar surface area (TPSA) is 53.1 Å². The summed E-state index contributed by atoms with van der Waals surface area (Å²) >= 11 is 0. The van der Waals surface area contributed by atoms with Crippen LogP contribution in [0.25, 0.3) is 11.3 Å². The first-order valence-corrected chi connectivity index (χ1v) is 5.24. The molecule has 0 unspecified atom stereocenters. The minimum Gasteiger partial charge on any atom is -0.384 e. The van der Waals surface area contributed by atoms with Crippen molar-refractivity contribution in [3.8, 4) is 11.3 Å². The molecule has 3 rings (SSSR count). The van der Waals surface area contributed by atoms with E-state index in [-0.39, 0.29) is 0 Å². The van der Waals surface area contributed by atoms with Crippen LogP contribution in [0, 0.1) is 0 Å². The number of nitrogens with two attached hydrogens (primary N) is 1. The summed E-state index contributed by atoms with van der Waals surface area (Å²) in [5.74, 6) is 0.673. The van der Waals surface area contributed by atoms with E-state index in [9.17, 15) is 0 Å². The Hall–Kier alpha value is -1.81. The highest BCUT2D eigenvalue weighted by molar-refractivity contribution is 5.68. The Morgan fingerprint density at radius 2 is 2.25 bits per heavy atom. The van der Waals surface area contributed by atoms with E-state index in [1.807, 2.05) is 19.2 Å². The van der Waals surface area contributed by atoms with Crippen LogP contribution < -0.4 is 5.73 Å². The van der Waals surface area contributed by atoms with Crippen molar-refractivity contribution in [2.75, 3.05) is 5.73 Å². The van der Waals surface area contributed by atoms with Crippen LogP contribution in [0.3, 0.4) is 0 Å². The van der Waals surface area contributed by atoms with Crippen molar-refractivity contribution in [1.29, 1.82) is 0 Å². The number of hydrogen-bond donors (Lipinski definition) is 1. The number of anilines is 1. The second-order valence-electron chi connectivity index (χ2n) is 4.01. The van der Waals surface area contributed by atoms with Crippen LogP contribution in [-0.2, 0) is 25.0 Å². The first-order valence-electron chi connectivity index (χ1n) is 5.24. The molecule has 0 spiro atoms. The van der Waals surface area contributed by atoms with Crippen molar-refractivity contribution in [2.24, 2.45) is 7.05 Å². The molecular weight excluding hydrogens is 202 g/mol. The summed E-state index contributed by atoms with van der Waals surface area (Å²) in [5.41, 5.74) is 10.3. The monoisotopic (exact) mass is 215 g/mol. The number of aryl methyl sites for hydroxylation is 1. The molecule has 0 amide bonds. The van der Waals surface area contributed by atoms with Crippen LogP contribution in [0.2, 0.25) is 0 Å². The highest BCUT2D eigenvalue weighted by Gasteiger charge is 2.17. The molecule has 4 nitrogen and oxygen atoms in total. The maximum absolute atomic E-state index is 5.79. The van der Waals surface area contributed by atoms with Gasteiger partial charge in [0.05, 0.1) is 18.9 Å². The molecule has 0 bridgehead atoms. The van der Waals surface area contributed by atoms with E-state index in [2.05, 4.69) is 17.2 Å². The number of ether oxygens (including phenoxy) is 1. The first kappa shape index (κ1) is 9.42. The summed E-state index contributed by atoms with van der Waals surface area (Å²) in [4.78, 5) is 0. The number of hydrogen-bond acceptors (Lipinski definition) is 3. The second-order valence-corrected chi connectivity index (χ2v) is 4.01. The van der Waals surface area contributed by atoms with E-state index in [0.717, 1.165) is 11.3 Å². The minimum atomic E-state index is 0.669. The van der Waals surface area contributed by atoms with Crippen molar-refractivity contribution in [3.63, 3.8) is 0 Å². The smallest absolute Gasteiger partial charge is 0.121 e. The zero-order chi connectivity index (χ0) is 11.1. The van der Waals surface area contributed by atoms with Crippen LogP contribution in [-0.4, -0.2) is 9.78 Å². The number of rotatable bonds is 1. The van der Waals surface area contributed by atoms with Gasteiger partial charge in [-0.2, -0.15) is 5.10 Å². The van der Waals surface area contributed by atoms with Crippen LogP contribution in [0.5, 0.6) is 0 Å². The zero-order valence-electron chi connectivity index (χ0n) is 9.10. The van der Waals surface area contributed by atoms with Gasteiger partial charge in [0.25, 0.3) is 0 Å². The minimum absolute atomic E-state index is 0.669. The van der Waals surface area contributed by atoms with Gasteiger partial charge >= 0.3 is 0 Å². The molecule has 2 aromatic rings. The summed E-state index contributed by atoms with van der Waals surface area (Å²) in [6, 6.07) is 8.09. The predicted molar refractivity (Wildman–Crippen MR) is 61.5 cm³/mol. The van der Waals surface area contributed by atoms with Crippen molar-refractivity contribution in [1.82, 2.24) is 9.78 Å². The van der Waals surface area contributed by atoms with Gasteiger partial charge in [-0.1, -0.05) is 18.2 Å². The molecule has 0 atom stereocenters. The van der Waals surface area contributed by atoms with Crippen molar-refractivity contribution >= 4 is 5.82 Å². The van der Waals surface area contributed by atoms with Gasteiger partial charge in [-0.25, -0.2) is 0 Å². The standard InChI is InChI=1S/C12H13N3O/c1-15-12(13)5-11(14-15)9-4-2-3-8-6-16-7-10(8)9/h2-5H,6-7,13H2,1H3. The Kier molecular flexibility index (Phi) is 1.97. The summed E-state index contributed by atoms with van der Waals surface area (Å²) in [5, 5.41) is 4.39. The summed E-state index contributed by atoms with van der Waals surface area (Å²) < 4.78 is 7.13. The molecule has 1 aliphatic heterocycles. The molecule has 0 aliphatic carbocycles. The van der Waals surface area contributed by atoms with Crippen LogP contribution in [0.4, 0.5) is 5.82 Å². The van der Waals surface area contributed by atoms with E-state index in [4.69, 9.17) is 10.5 Å². The molecule has 0 radical (unpaired) electrons. The van der Waals surface area contributed by atoms with Crippen molar-refractivity contribution < 1.29 is 4.74 Å². The number of nitrogens with zero attached hydrogens (tertiary/aromatic N) is 2. The molecular formula is C12H13N3O. The van der Waals surface area contributed by atoms with Crippen LogP contribution in [0.1, 0.15) is 11.1 Å². The lowest BCUT2D eigenvalue weighted by molar-refractivity contribution is 0.134. The van der Waals surface area contributed by atoms with Crippen LogP contribution >= 0.6 is 0 Å². The average Bonchev–Trinajstić information content (AvgIpc) is 2.85. The Morgan fingerprint density at radius 1 is 1.38 bits per heavy atom. The highest BCUT2D eigenvalue weighted by Crippen LogP contribution is 2.30. The summed E-state index contributed by atoms with van der Waals surface area (Å²) in [6.07, 6.45) is 0. The maximum Gasteiger partial charge on any atom is 0.121 e. The van der Waals surface area contributed by atoms with Gasteiger partial charge in [0.1, 0.15) is 5.82 Å². The lowest BCUT2D eigenvalue weighted by atomic mass is 10.0. The third-order valence-electron chi connectivity index (χ3n) is 2.97. The molecule has 0 saturated heterocycles. The average molecular weight is 215 g/mol. The lowest BCUT2D eigenvalue weighted by Crippen LogP contribution is -1.96. The number of fused-ring (bicyclic) bond motifs is 1. The molecule has 1 aromatic carbocycles. The molecule has 82 valence electrons. The highest BCUT2D eigenvalue weighted by atomic mass is 16.5. The zero-order valence-corrected chi connectivity index (χ0v) is 9.10. The molecule has 4 heteroatoms. The van der Waals surface area contributed by atoms with Crippen molar-refractivity contribution in [3.05, 3.63) is 35.4 Å². The number of nitrogen functional groups attached to an aromatic ring is 1. The molecule has 1 aromatic heterocycles. The fraction of sp³-hybridized carbons (Fsp3) is 0.250. The van der Waals surface area contributed by atoms with Gasteiger partial charge in [0, 0.05) is 18.7 Å². The molecule has 16 heavy (non-hydrogen) atoms. The van der Waals surface area contributed by atoms with E-state index in [0.29, 0.717) is 19.0 Å². The maximum atomic E-state index is 5.79. The normalized spacial score (nSPS) is 14.1. The molecule has 2 N–H and O–H groups in total.